The van der Waals surface area contributed by atoms with Crippen LogP contribution in [0.4, 0.5) is 0 Å². The highest BCUT2D eigenvalue weighted by Crippen LogP contribution is 2.38. The zero-order chi connectivity index (χ0) is 25.5. The number of unbranched alkanes of at least 4 members (excludes halogenated alkanes) is 14. The van der Waals surface area contributed by atoms with Crippen LogP contribution in [0.2, 0.25) is 0 Å². The number of rotatable bonds is 26. The van der Waals surface area contributed by atoms with E-state index in [1.807, 2.05) is 21.1 Å². The first-order valence-electron chi connectivity index (χ1n) is 13.5. The van der Waals surface area contributed by atoms with Crippen molar-refractivity contribution in [3.05, 3.63) is 0 Å². The minimum Gasteiger partial charge on any atom is -0.756 e. The Morgan fingerprint density at radius 2 is 1.21 bits per heavy atom. The molecule has 0 heterocycles. The molecule has 1 unspecified atom stereocenters. The molecule has 1 N–H and O–H groups in total. The lowest BCUT2D eigenvalue weighted by atomic mass is 10.0. The largest absolute Gasteiger partial charge is 0.756 e. The van der Waals surface area contributed by atoms with Gasteiger partial charge in [-0.05, 0) is 6.42 Å². The zero-order valence-electron chi connectivity index (χ0n) is 22.5. The van der Waals surface area contributed by atoms with Crippen molar-refractivity contribution in [2.45, 2.75) is 109 Å². The lowest BCUT2D eigenvalue weighted by Crippen LogP contribution is -2.37. The average molecular weight is 512 g/mol. The van der Waals surface area contributed by atoms with E-state index in [0.29, 0.717) is 17.6 Å². The van der Waals surface area contributed by atoms with E-state index >= 15 is 0 Å². The van der Waals surface area contributed by atoms with E-state index in [2.05, 4.69) is 11.8 Å². The predicted molar refractivity (Wildman–Crippen MR) is 136 cm³/mol. The SMILES string of the molecule is CCCCCCCCCCCCCCCCCOC[C@H](COP(=O)([O-])OCC[N+](C)(C)C)OO. The van der Waals surface area contributed by atoms with Crippen molar-refractivity contribution in [1.82, 2.24) is 0 Å². The van der Waals surface area contributed by atoms with Crippen LogP contribution in [0.15, 0.2) is 0 Å². The van der Waals surface area contributed by atoms with Crippen molar-refractivity contribution < 1.29 is 37.9 Å². The standard InChI is InChI=1S/C25H54NO7P/c1-5-6-7-8-9-10-11-12-13-14-15-16-17-18-19-21-30-23-25(33-27)24-32-34(28,29)31-22-20-26(2,3)4/h25H,5-24H2,1-4H3,(H-,27,28,29)/t25-/m1/s1. The Kier molecular flexibility index (Phi) is 22.1. The Morgan fingerprint density at radius 3 is 1.65 bits per heavy atom. The Hall–Kier alpha value is -0.0500. The van der Waals surface area contributed by atoms with Crippen molar-refractivity contribution in [2.24, 2.45) is 0 Å². The van der Waals surface area contributed by atoms with Gasteiger partial charge in [-0.2, -0.15) is 0 Å². The van der Waals surface area contributed by atoms with E-state index in [-0.39, 0.29) is 19.8 Å². The molecule has 0 aromatic carbocycles. The van der Waals surface area contributed by atoms with Crippen molar-refractivity contribution in [3.8, 4) is 0 Å². The van der Waals surface area contributed by atoms with E-state index in [0.717, 1.165) is 12.8 Å². The lowest BCUT2D eigenvalue weighted by molar-refractivity contribution is -0.870. The Bertz CT molecular complexity index is 488. The summed E-state index contributed by atoms with van der Waals surface area (Å²) < 4.78 is 27.4. The van der Waals surface area contributed by atoms with Crippen LogP contribution < -0.4 is 4.89 Å². The monoisotopic (exact) mass is 511 g/mol. The number of phosphoric ester groups is 1. The molecule has 0 aliphatic rings. The van der Waals surface area contributed by atoms with Gasteiger partial charge in [0.2, 0.25) is 0 Å². The minimum atomic E-state index is -4.43. The number of phosphoric acid groups is 1. The molecule has 2 atom stereocenters. The van der Waals surface area contributed by atoms with E-state index in [1.165, 1.54) is 83.5 Å². The summed E-state index contributed by atoms with van der Waals surface area (Å²) in [5.41, 5.74) is 0. The normalized spacial score (nSPS) is 14.9. The number of ether oxygens (including phenoxy) is 1. The highest BCUT2D eigenvalue weighted by atomic mass is 31.2. The predicted octanol–water partition coefficient (Wildman–Crippen LogP) is 5.94. The molecule has 0 radical (unpaired) electrons. The minimum absolute atomic E-state index is 0.0324. The van der Waals surface area contributed by atoms with Gasteiger partial charge in [0.25, 0.3) is 7.82 Å². The molecule has 0 fully saturated rings. The quantitative estimate of drug-likeness (QED) is 0.0504. The van der Waals surface area contributed by atoms with Gasteiger partial charge in [-0.15, -0.1) is 0 Å². The molecule has 0 saturated heterocycles. The van der Waals surface area contributed by atoms with Crippen LogP contribution in [0.1, 0.15) is 103 Å². The van der Waals surface area contributed by atoms with Crippen molar-refractivity contribution in [1.29, 1.82) is 0 Å². The molecule has 0 saturated carbocycles. The van der Waals surface area contributed by atoms with Crippen LogP contribution in [0.3, 0.4) is 0 Å². The molecule has 0 bridgehead atoms. The van der Waals surface area contributed by atoms with Gasteiger partial charge in [0.1, 0.15) is 19.3 Å². The molecular weight excluding hydrogens is 457 g/mol. The fourth-order valence-corrected chi connectivity index (χ4v) is 4.27. The topological polar surface area (TPSA) is 97.3 Å². The van der Waals surface area contributed by atoms with E-state index in [1.54, 1.807) is 0 Å². The lowest BCUT2D eigenvalue weighted by Gasteiger charge is -2.27. The summed E-state index contributed by atoms with van der Waals surface area (Å²) in [5.74, 6) is 0. The molecule has 0 spiro atoms. The van der Waals surface area contributed by atoms with Gasteiger partial charge in [0.15, 0.2) is 0 Å². The second kappa shape index (κ2) is 22.2. The highest BCUT2D eigenvalue weighted by molar-refractivity contribution is 7.45. The highest BCUT2D eigenvalue weighted by Gasteiger charge is 2.17. The summed E-state index contributed by atoms with van der Waals surface area (Å²) >= 11 is 0. The first kappa shape index (κ1) is 34.0. The number of quaternary nitrogens is 1. The van der Waals surface area contributed by atoms with Crippen LogP contribution in [-0.4, -0.2) is 70.0 Å². The van der Waals surface area contributed by atoms with Gasteiger partial charge in [0, 0.05) is 6.61 Å². The third kappa shape index (κ3) is 25.1. The molecule has 8 nitrogen and oxygen atoms in total. The molecule has 0 aromatic rings. The average Bonchev–Trinajstić information content (AvgIpc) is 2.76. The fraction of sp³-hybridized carbons (Fsp3) is 1.00. The Balaban J connectivity index is 3.51. The molecule has 34 heavy (non-hydrogen) atoms. The third-order valence-electron chi connectivity index (χ3n) is 5.78. The van der Waals surface area contributed by atoms with Gasteiger partial charge in [-0.25, -0.2) is 4.89 Å². The molecular formula is C25H54NO7P. The Labute approximate surface area is 209 Å². The number of likely N-dealkylation sites (N-methyl/N-ethyl adjacent to an activating group) is 1. The summed E-state index contributed by atoms with van der Waals surface area (Å²) in [4.78, 5) is 16.0. The molecule has 0 amide bonds. The maximum Gasteiger partial charge on any atom is 0.268 e. The summed E-state index contributed by atoms with van der Waals surface area (Å²) in [5, 5.41) is 8.95. The van der Waals surface area contributed by atoms with E-state index < -0.39 is 13.9 Å². The molecule has 0 aliphatic carbocycles. The first-order valence-corrected chi connectivity index (χ1v) is 14.9. The van der Waals surface area contributed by atoms with Gasteiger partial charge < -0.3 is 23.2 Å². The fourth-order valence-electron chi connectivity index (χ4n) is 3.54. The third-order valence-corrected chi connectivity index (χ3v) is 6.74. The van der Waals surface area contributed by atoms with E-state index in [9.17, 15) is 9.46 Å². The van der Waals surface area contributed by atoms with Crippen LogP contribution in [0.5, 0.6) is 0 Å². The van der Waals surface area contributed by atoms with Crippen LogP contribution >= 0.6 is 7.82 Å². The van der Waals surface area contributed by atoms with Crippen molar-refractivity contribution >= 4 is 7.82 Å². The van der Waals surface area contributed by atoms with Gasteiger partial charge >= 0.3 is 0 Å². The molecule has 0 rings (SSSR count). The number of hydrogen-bond acceptors (Lipinski definition) is 7. The van der Waals surface area contributed by atoms with Crippen LogP contribution in [0.25, 0.3) is 0 Å². The zero-order valence-corrected chi connectivity index (χ0v) is 23.4. The molecule has 0 aliphatic heterocycles. The van der Waals surface area contributed by atoms with E-state index in [4.69, 9.17) is 19.0 Å². The maximum absolute atomic E-state index is 11.8. The molecule has 206 valence electrons. The van der Waals surface area contributed by atoms with Crippen molar-refractivity contribution in [2.75, 3.05) is 54.1 Å². The van der Waals surface area contributed by atoms with Crippen LogP contribution in [-0.2, 0) is 23.2 Å². The Morgan fingerprint density at radius 1 is 0.735 bits per heavy atom. The molecule has 0 aromatic heterocycles. The summed E-state index contributed by atoms with van der Waals surface area (Å²) in [7, 11) is 1.38. The first-order chi connectivity index (χ1) is 16.2. The van der Waals surface area contributed by atoms with Gasteiger partial charge in [-0.1, -0.05) is 96.8 Å². The summed E-state index contributed by atoms with van der Waals surface area (Å²) in [6.07, 6.45) is 18.7. The van der Waals surface area contributed by atoms with Gasteiger partial charge in [0.05, 0.1) is 34.4 Å². The van der Waals surface area contributed by atoms with Crippen molar-refractivity contribution in [3.63, 3.8) is 0 Å². The number of hydrogen-bond donors (Lipinski definition) is 1. The second-order valence-electron chi connectivity index (χ2n) is 10.3. The van der Waals surface area contributed by atoms with Gasteiger partial charge in [-0.3, -0.25) is 9.82 Å². The summed E-state index contributed by atoms with van der Waals surface area (Å²) in [6.45, 7) is 3.09. The van der Waals surface area contributed by atoms with Crippen LogP contribution in [0, 0.1) is 0 Å². The second-order valence-corrected chi connectivity index (χ2v) is 11.8. The summed E-state index contributed by atoms with van der Waals surface area (Å²) in [6, 6.07) is 0. The number of nitrogens with zero attached hydrogens (tertiary/aromatic N) is 1. The smallest absolute Gasteiger partial charge is 0.268 e. The molecule has 9 heteroatoms. The maximum atomic E-state index is 11.8.